The number of amides is 2. The number of nitrogens with zero attached hydrogens (tertiary/aromatic N) is 3. The summed E-state index contributed by atoms with van der Waals surface area (Å²) in [6, 6.07) is 9.68. The van der Waals surface area contributed by atoms with Crippen molar-refractivity contribution in [1.82, 2.24) is 14.7 Å². The smallest absolute Gasteiger partial charge is 0.253 e. The van der Waals surface area contributed by atoms with E-state index in [1.165, 1.54) is 0 Å². The van der Waals surface area contributed by atoms with Crippen molar-refractivity contribution in [1.29, 1.82) is 0 Å². The van der Waals surface area contributed by atoms with Crippen LogP contribution in [0.1, 0.15) is 16.8 Å². The number of hydrogen-bond donors (Lipinski definition) is 0. The molecule has 1 aromatic rings. The Balaban J connectivity index is 1.58. The summed E-state index contributed by atoms with van der Waals surface area (Å²) in [6.45, 7) is 2.03. The number of fused-ring (bicyclic) bond motifs is 2. The normalized spacial score (nSPS) is 23.3. The number of benzene rings is 1. The van der Waals surface area contributed by atoms with Crippen molar-refractivity contribution in [2.45, 2.75) is 18.5 Å². The Bertz CT molecular complexity index is 600. The lowest BCUT2D eigenvalue weighted by atomic mass is 9.87. The highest BCUT2D eigenvalue weighted by Gasteiger charge is 2.47. The van der Waals surface area contributed by atoms with Crippen LogP contribution in [-0.2, 0) is 4.79 Å². The molecule has 2 amide bonds. The number of piperazine rings is 1. The van der Waals surface area contributed by atoms with Gasteiger partial charge in [-0.15, -0.1) is 0 Å². The average Bonchev–Trinajstić information content (AvgIpc) is 2.54. The maximum atomic E-state index is 12.5. The molecule has 3 heterocycles. The van der Waals surface area contributed by atoms with Crippen molar-refractivity contribution < 1.29 is 9.59 Å². The van der Waals surface area contributed by atoms with Crippen LogP contribution in [0.25, 0.3) is 0 Å². The molecule has 0 aliphatic carbocycles. The molecule has 0 aromatic heterocycles. The molecule has 0 radical (unpaired) electrons. The van der Waals surface area contributed by atoms with Crippen molar-refractivity contribution in [3.8, 4) is 0 Å². The minimum Gasteiger partial charge on any atom is -0.335 e. The molecule has 3 saturated heterocycles. The van der Waals surface area contributed by atoms with Crippen molar-refractivity contribution in [3.05, 3.63) is 48.0 Å². The fourth-order valence-electron chi connectivity index (χ4n) is 3.35. The third-order valence-corrected chi connectivity index (χ3v) is 4.49. The van der Waals surface area contributed by atoms with Crippen molar-refractivity contribution in [2.24, 2.45) is 0 Å². The fraction of sp³-hybridized carbons (Fsp3) is 0.444. The summed E-state index contributed by atoms with van der Waals surface area (Å²) in [5.41, 5.74) is 0.720. The molecule has 3 aliphatic heterocycles. The molecule has 2 atom stereocenters. The first kappa shape index (κ1) is 15.7. The van der Waals surface area contributed by atoms with Gasteiger partial charge in [-0.05, 0) is 32.6 Å². The average molecular weight is 313 g/mol. The third-order valence-electron chi connectivity index (χ3n) is 4.49. The van der Waals surface area contributed by atoms with E-state index >= 15 is 0 Å². The zero-order valence-corrected chi connectivity index (χ0v) is 13.7. The summed E-state index contributed by atoms with van der Waals surface area (Å²) in [6.07, 6.45) is 4.56. The summed E-state index contributed by atoms with van der Waals surface area (Å²) in [7, 11) is 3.94. The second kappa shape index (κ2) is 6.54. The van der Waals surface area contributed by atoms with Gasteiger partial charge in [0.15, 0.2) is 0 Å². The Morgan fingerprint density at radius 1 is 1.17 bits per heavy atom. The van der Waals surface area contributed by atoms with Crippen LogP contribution in [0, 0.1) is 0 Å². The van der Waals surface area contributed by atoms with Gasteiger partial charge >= 0.3 is 0 Å². The van der Waals surface area contributed by atoms with Gasteiger partial charge in [0.2, 0.25) is 5.91 Å². The molecule has 0 N–H and O–H groups in total. The number of likely N-dealkylation sites (N-methyl/N-ethyl adjacent to an activating group) is 1. The van der Waals surface area contributed by atoms with E-state index in [-0.39, 0.29) is 23.9 Å². The first-order chi connectivity index (χ1) is 11.1. The molecule has 2 unspecified atom stereocenters. The predicted octanol–water partition coefficient (Wildman–Crippen LogP) is 1.23. The molecule has 23 heavy (non-hydrogen) atoms. The highest BCUT2D eigenvalue weighted by Crippen LogP contribution is 2.33. The summed E-state index contributed by atoms with van der Waals surface area (Å²) in [5.74, 6) is 0.135. The van der Waals surface area contributed by atoms with E-state index in [0.717, 1.165) is 18.5 Å². The van der Waals surface area contributed by atoms with Crippen LogP contribution in [0.4, 0.5) is 0 Å². The Hall–Kier alpha value is -2.14. The minimum absolute atomic E-state index is 0.0653. The molecular weight excluding hydrogens is 290 g/mol. The van der Waals surface area contributed by atoms with Gasteiger partial charge in [-0.3, -0.25) is 9.59 Å². The summed E-state index contributed by atoms with van der Waals surface area (Å²) < 4.78 is 0. The Labute approximate surface area is 137 Å². The zero-order chi connectivity index (χ0) is 16.4. The van der Waals surface area contributed by atoms with Gasteiger partial charge in [0.25, 0.3) is 5.91 Å². The lowest BCUT2D eigenvalue weighted by Crippen LogP contribution is -2.70. The second-order valence-corrected chi connectivity index (χ2v) is 6.53. The SMILES string of the molecule is CN(C)C/C=C/C(=O)N1C2CC1CN(C(=O)c1ccccc1)C2. The van der Waals surface area contributed by atoms with E-state index in [2.05, 4.69) is 0 Å². The van der Waals surface area contributed by atoms with Gasteiger partial charge in [0, 0.05) is 31.3 Å². The Kier molecular flexibility index (Phi) is 4.48. The molecular formula is C18H23N3O2. The number of hydrogen-bond acceptors (Lipinski definition) is 3. The van der Waals surface area contributed by atoms with Gasteiger partial charge < -0.3 is 14.7 Å². The molecule has 122 valence electrons. The highest BCUT2D eigenvalue weighted by molar-refractivity contribution is 5.95. The number of carbonyl (C=O) groups excluding carboxylic acids is 2. The molecule has 5 heteroatoms. The number of rotatable bonds is 4. The molecule has 0 spiro atoms. The zero-order valence-electron chi connectivity index (χ0n) is 13.7. The number of carbonyl (C=O) groups is 2. The fourth-order valence-corrected chi connectivity index (χ4v) is 3.35. The summed E-state index contributed by atoms with van der Waals surface area (Å²) >= 11 is 0. The van der Waals surface area contributed by atoms with E-state index < -0.39 is 0 Å². The van der Waals surface area contributed by atoms with Gasteiger partial charge in [-0.25, -0.2) is 0 Å². The standard InChI is InChI=1S/C18H23N3O2/c1-19(2)10-6-9-17(22)21-15-11-16(21)13-20(12-15)18(23)14-7-4-3-5-8-14/h3-9,15-16H,10-13H2,1-2H3/b9-6+. The summed E-state index contributed by atoms with van der Waals surface area (Å²) in [5, 5.41) is 0. The number of piperidine rings is 1. The van der Waals surface area contributed by atoms with E-state index in [4.69, 9.17) is 0 Å². The monoisotopic (exact) mass is 313 g/mol. The summed E-state index contributed by atoms with van der Waals surface area (Å²) in [4.78, 5) is 30.6. The topological polar surface area (TPSA) is 43.9 Å². The van der Waals surface area contributed by atoms with Crippen molar-refractivity contribution in [2.75, 3.05) is 33.7 Å². The maximum Gasteiger partial charge on any atom is 0.253 e. The van der Waals surface area contributed by atoms with Crippen LogP contribution in [0.5, 0.6) is 0 Å². The lowest BCUT2D eigenvalue weighted by Gasteiger charge is -2.56. The molecule has 4 rings (SSSR count). The van der Waals surface area contributed by atoms with Crippen LogP contribution in [-0.4, -0.2) is 72.3 Å². The molecule has 5 nitrogen and oxygen atoms in total. The minimum atomic E-state index is 0.0653. The molecule has 2 bridgehead atoms. The van der Waals surface area contributed by atoms with E-state index in [1.54, 1.807) is 6.08 Å². The van der Waals surface area contributed by atoms with Crippen molar-refractivity contribution >= 4 is 11.8 Å². The second-order valence-electron chi connectivity index (χ2n) is 6.53. The van der Waals surface area contributed by atoms with Crippen LogP contribution in [0.2, 0.25) is 0 Å². The van der Waals surface area contributed by atoms with Gasteiger partial charge in [-0.1, -0.05) is 24.3 Å². The van der Waals surface area contributed by atoms with Gasteiger partial charge in [0.1, 0.15) is 0 Å². The largest absolute Gasteiger partial charge is 0.335 e. The Morgan fingerprint density at radius 2 is 1.83 bits per heavy atom. The molecule has 3 fully saturated rings. The quantitative estimate of drug-likeness (QED) is 0.785. The Morgan fingerprint density at radius 3 is 2.43 bits per heavy atom. The van der Waals surface area contributed by atoms with Crippen LogP contribution >= 0.6 is 0 Å². The third kappa shape index (κ3) is 3.29. The molecule has 3 aliphatic rings. The van der Waals surface area contributed by atoms with Gasteiger partial charge in [0.05, 0.1) is 12.1 Å². The lowest BCUT2D eigenvalue weighted by molar-refractivity contribution is -0.146. The van der Waals surface area contributed by atoms with Crippen LogP contribution in [0.3, 0.4) is 0 Å². The van der Waals surface area contributed by atoms with Gasteiger partial charge in [-0.2, -0.15) is 0 Å². The molecule has 1 aromatic carbocycles. The van der Waals surface area contributed by atoms with Crippen LogP contribution < -0.4 is 0 Å². The molecule has 0 saturated carbocycles. The van der Waals surface area contributed by atoms with Crippen LogP contribution in [0.15, 0.2) is 42.5 Å². The van der Waals surface area contributed by atoms with E-state index in [9.17, 15) is 9.59 Å². The first-order valence-electron chi connectivity index (χ1n) is 8.04. The van der Waals surface area contributed by atoms with E-state index in [0.29, 0.717) is 13.1 Å². The van der Waals surface area contributed by atoms with E-state index in [1.807, 2.05) is 65.2 Å². The maximum absolute atomic E-state index is 12.5. The highest BCUT2D eigenvalue weighted by atomic mass is 16.2. The first-order valence-corrected chi connectivity index (χ1v) is 8.04. The van der Waals surface area contributed by atoms with Crippen molar-refractivity contribution in [3.63, 3.8) is 0 Å². The predicted molar refractivity (Wildman–Crippen MR) is 89.1 cm³/mol.